The molecule has 2 aromatic heterocycles. The van der Waals surface area contributed by atoms with Crippen LogP contribution in [0, 0.1) is 11.3 Å². The minimum atomic E-state index is 0.276. The number of benzene rings is 1. The Bertz CT molecular complexity index is 892. The zero-order valence-electron chi connectivity index (χ0n) is 13.8. The Morgan fingerprint density at radius 2 is 2.04 bits per heavy atom. The molecule has 1 atom stereocenters. The fourth-order valence-corrected chi connectivity index (χ4v) is 3.16. The smallest absolute Gasteiger partial charge is 0.137 e. The summed E-state index contributed by atoms with van der Waals surface area (Å²) in [5.74, 6) is 2.85. The van der Waals surface area contributed by atoms with Gasteiger partial charge < -0.3 is 9.88 Å². The van der Waals surface area contributed by atoms with Crippen molar-refractivity contribution in [2.45, 2.75) is 31.8 Å². The molecule has 1 aliphatic heterocycles. The van der Waals surface area contributed by atoms with E-state index in [9.17, 15) is 0 Å². The minimum absolute atomic E-state index is 0.276. The van der Waals surface area contributed by atoms with Gasteiger partial charge in [0.05, 0.1) is 5.56 Å². The van der Waals surface area contributed by atoms with Crippen LogP contribution in [0.15, 0.2) is 48.7 Å². The number of nitrogens with one attached hydrogen (secondary N) is 1. The highest BCUT2D eigenvalue weighted by Crippen LogP contribution is 2.20. The van der Waals surface area contributed by atoms with Gasteiger partial charge in [0.1, 0.15) is 23.5 Å². The summed E-state index contributed by atoms with van der Waals surface area (Å²) in [6.07, 6.45) is 4.27. The molecule has 124 valence electrons. The molecule has 0 unspecified atom stereocenters. The van der Waals surface area contributed by atoms with Crippen LogP contribution in [0.5, 0.6) is 0 Å². The van der Waals surface area contributed by atoms with Gasteiger partial charge in [0, 0.05) is 31.6 Å². The Balaban J connectivity index is 1.48. The van der Waals surface area contributed by atoms with Crippen molar-refractivity contribution >= 4 is 5.82 Å². The standard InChI is InChI=1S/C19H18N6/c20-11-15-6-8-17(21-12-15)22-16-7-9-18-23-24-19(25(18)13-16)10-14-4-2-1-3-5-14/h1-6,8,12,16H,7,9-10,13H2,(H,21,22)/t16-/m0/s1. The molecule has 1 aromatic carbocycles. The first kappa shape index (κ1) is 15.3. The number of hydrogen-bond acceptors (Lipinski definition) is 5. The van der Waals surface area contributed by atoms with Crippen LogP contribution in [0.4, 0.5) is 5.82 Å². The van der Waals surface area contributed by atoms with E-state index in [1.54, 1.807) is 12.3 Å². The van der Waals surface area contributed by atoms with Crippen molar-refractivity contribution < 1.29 is 0 Å². The summed E-state index contributed by atoms with van der Waals surface area (Å²) < 4.78 is 2.22. The van der Waals surface area contributed by atoms with Crippen LogP contribution < -0.4 is 5.32 Å². The predicted molar refractivity (Wildman–Crippen MR) is 94.0 cm³/mol. The van der Waals surface area contributed by atoms with E-state index in [0.717, 1.165) is 43.3 Å². The van der Waals surface area contributed by atoms with Crippen molar-refractivity contribution in [2.75, 3.05) is 5.32 Å². The van der Waals surface area contributed by atoms with Gasteiger partial charge in [0.15, 0.2) is 0 Å². The molecule has 0 radical (unpaired) electrons. The highest BCUT2D eigenvalue weighted by Gasteiger charge is 2.23. The number of anilines is 1. The molecule has 1 aliphatic rings. The third-order valence-corrected chi connectivity index (χ3v) is 4.47. The second-order valence-electron chi connectivity index (χ2n) is 6.23. The molecule has 4 rings (SSSR count). The summed E-state index contributed by atoms with van der Waals surface area (Å²) in [6, 6.07) is 16.3. The van der Waals surface area contributed by atoms with Crippen LogP contribution in [0.3, 0.4) is 0 Å². The minimum Gasteiger partial charge on any atom is -0.366 e. The fourth-order valence-electron chi connectivity index (χ4n) is 3.16. The van der Waals surface area contributed by atoms with Gasteiger partial charge >= 0.3 is 0 Å². The maximum atomic E-state index is 8.86. The molecule has 6 nitrogen and oxygen atoms in total. The van der Waals surface area contributed by atoms with E-state index in [1.165, 1.54) is 5.56 Å². The van der Waals surface area contributed by atoms with E-state index in [-0.39, 0.29) is 6.04 Å². The quantitative estimate of drug-likeness (QED) is 0.795. The first-order chi connectivity index (χ1) is 12.3. The number of nitrogens with zero attached hydrogens (tertiary/aromatic N) is 5. The highest BCUT2D eigenvalue weighted by molar-refractivity contribution is 5.40. The number of aryl methyl sites for hydroxylation is 1. The van der Waals surface area contributed by atoms with Gasteiger partial charge in [-0.1, -0.05) is 30.3 Å². The molecular formula is C19H18N6. The number of nitriles is 1. The predicted octanol–water partition coefficient (Wildman–Crippen LogP) is 2.56. The summed E-state index contributed by atoms with van der Waals surface area (Å²) in [5.41, 5.74) is 1.81. The number of aromatic nitrogens is 4. The second-order valence-corrected chi connectivity index (χ2v) is 6.23. The molecular weight excluding hydrogens is 312 g/mol. The summed E-state index contributed by atoms with van der Waals surface area (Å²) >= 11 is 0. The topological polar surface area (TPSA) is 79.4 Å². The first-order valence-electron chi connectivity index (χ1n) is 8.39. The molecule has 0 amide bonds. The normalized spacial score (nSPS) is 16.0. The van der Waals surface area contributed by atoms with Gasteiger partial charge in [-0.15, -0.1) is 10.2 Å². The van der Waals surface area contributed by atoms with Crippen molar-refractivity contribution in [3.63, 3.8) is 0 Å². The zero-order valence-corrected chi connectivity index (χ0v) is 13.8. The Morgan fingerprint density at radius 3 is 2.80 bits per heavy atom. The molecule has 0 bridgehead atoms. The maximum Gasteiger partial charge on any atom is 0.137 e. The number of fused-ring (bicyclic) bond motifs is 1. The van der Waals surface area contributed by atoms with E-state index in [0.29, 0.717) is 5.56 Å². The van der Waals surface area contributed by atoms with Crippen molar-refractivity contribution in [2.24, 2.45) is 0 Å². The lowest BCUT2D eigenvalue weighted by Crippen LogP contribution is -2.32. The van der Waals surface area contributed by atoms with E-state index >= 15 is 0 Å². The lowest BCUT2D eigenvalue weighted by molar-refractivity contribution is 0.466. The van der Waals surface area contributed by atoms with Crippen LogP contribution in [0.25, 0.3) is 0 Å². The largest absolute Gasteiger partial charge is 0.366 e. The molecule has 3 aromatic rings. The Hall–Kier alpha value is -3.20. The van der Waals surface area contributed by atoms with E-state index < -0.39 is 0 Å². The summed E-state index contributed by atoms with van der Waals surface area (Å²) in [6.45, 7) is 0.826. The molecule has 1 N–H and O–H groups in total. The van der Waals surface area contributed by atoms with Crippen molar-refractivity contribution in [3.8, 4) is 6.07 Å². The molecule has 0 aliphatic carbocycles. The van der Waals surface area contributed by atoms with Gasteiger partial charge in [-0.05, 0) is 24.1 Å². The maximum absolute atomic E-state index is 8.86. The number of pyridine rings is 1. The fraction of sp³-hybridized carbons (Fsp3) is 0.263. The van der Waals surface area contributed by atoms with Gasteiger partial charge in [0.2, 0.25) is 0 Å². The molecule has 25 heavy (non-hydrogen) atoms. The van der Waals surface area contributed by atoms with Gasteiger partial charge in [-0.2, -0.15) is 5.26 Å². The highest BCUT2D eigenvalue weighted by atomic mass is 15.3. The average Bonchev–Trinajstić information content (AvgIpc) is 3.05. The van der Waals surface area contributed by atoms with Crippen LogP contribution in [-0.4, -0.2) is 25.8 Å². The van der Waals surface area contributed by atoms with E-state index in [2.05, 4.69) is 43.3 Å². The molecule has 0 fully saturated rings. The van der Waals surface area contributed by atoms with Gasteiger partial charge in [-0.3, -0.25) is 0 Å². The zero-order chi connectivity index (χ0) is 17.1. The Labute approximate surface area is 146 Å². The van der Waals surface area contributed by atoms with Crippen molar-refractivity contribution in [1.82, 2.24) is 19.7 Å². The molecule has 3 heterocycles. The lowest BCUT2D eigenvalue weighted by atomic mass is 10.1. The second kappa shape index (κ2) is 6.73. The third kappa shape index (κ3) is 3.36. The van der Waals surface area contributed by atoms with E-state index in [1.807, 2.05) is 24.3 Å². The van der Waals surface area contributed by atoms with Crippen LogP contribution in [-0.2, 0) is 19.4 Å². The molecule has 6 heteroatoms. The van der Waals surface area contributed by atoms with Crippen molar-refractivity contribution in [1.29, 1.82) is 5.26 Å². The Morgan fingerprint density at radius 1 is 1.16 bits per heavy atom. The lowest BCUT2D eigenvalue weighted by Gasteiger charge is -2.25. The van der Waals surface area contributed by atoms with Crippen molar-refractivity contribution in [3.05, 3.63) is 71.4 Å². The Kier molecular flexibility index (Phi) is 4.13. The summed E-state index contributed by atoms with van der Waals surface area (Å²) in [4.78, 5) is 4.30. The number of hydrogen-bond donors (Lipinski definition) is 1. The monoisotopic (exact) mass is 330 g/mol. The molecule has 0 saturated carbocycles. The molecule has 0 saturated heterocycles. The SMILES string of the molecule is N#Cc1ccc(N[C@H]2CCc3nnc(Cc4ccccc4)n3C2)nc1. The summed E-state index contributed by atoms with van der Waals surface area (Å²) in [5, 5.41) is 21.1. The van der Waals surface area contributed by atoms with Gasteiger partial charge in [-0.25, -0.2) is 4.98 Å². The van der Waals surface area contributed by atoms with Gasteiger partial charge in [0.25, 0.3) is 0 Å². The van der Waals surface area contributed by atoms with Crippen LogP contribution in [0.1, 0.15) is 29.2 Å². The third-order valence-electron chi connectivity index (χ3n) is 4.47. The van der Waals surface area contributed by atoms with Crippen LogP contribution in [0.2, 0.25) is 0 Å². The number of rotatable bonds is 4. The average molecular weight is 330 g/mol. The van der Waals surface area contributed by atoms with E-state index in [4.69, 9.17) is 5.26 Å². The summed E-state index contributed by atoms with van der Waals surface area (Å²) in [7, 11) is 0. The van der Waals surface area contributed by atoms with Crippen LogP contribution >= 0.6 is 0 Å². The first-order valence-corrected chi connectivity index (χ1v) is 8.39. The molecule has 0 spiro atoms.